The number of hydrogen-bond donors (Lipinski definition) is 1. The lowest BCUT2D eigenvalue weighted by atomic mass is 10.0. The van der Waals surface area contributed by atoms with Crippen molar-refractivity contribution >= 4 is 55.9 Å². The number of nitrogens with one attached hydrogen (secondary N) is 1. The molecule has 0 aliphatic heterocycles. The van der Waals surface area contributed by atoms with Gasteiger partial charge in [-0.2, -0.15) is 0 Å². The molecular formula is C48H35N3. The molecule has 0 radical (unpaired) electrons. The fraction of sp³-hybridized carbons (Fsp3) is 0. The summed E-state index contributed by atoms with van der Waals surface area (Å²) in [6, 6.07) is 73.5. The van der Waals surface area contributed by atoms with Crippen molar-refractivity contribution in [3.8, 4) is 22.3 Å². The summed E-state index contributed by atoms with van der Waals surface area (Å²) in [5.74, 6) is 0. The summed E-state index contributed by atoms with van der Waals surface area (Å²) in [4.78, 5) is 8.28. The van der Waals surface area contributed by atoms with Crippen molar-refractivity contribution in [1.82, 2.24) is 4.98 Å². The fourth-order valence-corrected chi connectivity index (χ4v) is 7.07. The van der Waals surface area contributed by atoms with Crippen molar-refractivity contribution in [2.24, 2.45) is 0 Å². The molecule has 0 unspecified atom stereocenters. The number of fused-ring (bicyclic) bond motifs is 3. The van der Waals surface area contributed by atoms with Crippen molar-refractivity contribution in [3.63, 3.8) is 0 Å². The highest BCUT2D eigenvalue weighted by atomic mass is 15.2. The van der Waals surface area contributed by atoms with Crippen LogP contribution < -0.4 is 9.80 Å². The summed E-state index contributed by atoms with van der Waals surface area (Å²) in [5, 5.41) is 2.47. The van der Waals surface area contributed by atoms with E-state index in [9.17, 15) is 0 Å². The lowest BCUT2D eigenvalue weighted by molar-refractivity contribution is 1.26. The van der Waals surface area contributed by atoms with Crippen molar-refractivity contribution < 1.29 is 0 Å². The van der Waals surface area contributed by atoms with Gasteiger partial charge in [-0.1, -0.05) is 127 Å². The zero-order valence-electron chi connectivity index (χ0n) is 28.0. The van der Waals surface area contributed by atoms with Crippen LogP contribution in [0.25, 0.3) is 44.1 Å². The van der Waals surface area contributed by atoms with Gasteiger partial charge in [-0.15, -0.1) is 0 Å². The van der Waals surface area contributed by atoms with Crippen LogP contribution in [0.2, 0.25) is 0 Å². The molecule has 0 saturated heterocycles. The third-order valence-electron chi connectivity index (χ3n) is 9.59. The number of hydrogen-bond acceptors (Lipinski definition) is 2. The van der Waals surface area contributed by atoms with E-state index in [1.165, 1.54) is 33.0 Å². The highest BCUT2D eigenvalue weighted by Gasteiger charge is 2.17. The van der Waals surface area contributed by atoms with Gasteiger partial charge < -0.3 is 14.8 Å². The Morgan fingerprint density at radius 2 is 0.608 bits per heavy atom. The molecule has 3 nitrogen and oxygen atoms in total. The van der Waals surface area contributed by atoms with E-state index in [2.05, 4.69) is 221 Å². The molecule has 0 aliphatic rings. The van der Waals surface area contributed by atoms with Gasteiger partial charge in [0.05, 0.1) is 0 Å². The minimum Gasteiger partial charge on any atom is -0.354 e. The smallest absolute Gasteiger partial charge is 0.0485 e. The third kappa shape index (κ3) is 5.92. The zero-order valence-corrected chi connectivity index (χ0v) is 28.0. The van der Waals surface area contributed by atoms with Gasteiger partial charge in [-0.25, -0.2) is 0 Å². The summed E-state index contributed by atoms with van der Waals surface area (Å²) < 4.78 is 0. The molecule has 0 aliphatic carbocycles. The molecule has 8 aromatic carbocycles. The van der Waals surface area contributed by atoms with E-state index in [0.717, 1.165) is 45.2 Å². The average molecular weight is 654 g/mol. The van der Waals surface area contributed by atoms with Crippen LogP contribution in [0.15, 0.2) is 206 Å². The van der Waals surface area contributed by atoms with Gasteiger partial charge in [0.2, 0.25) is 0 Å². The summed E-state index contributed by atoms with van der Waals surface area (Å²) in [6.45, 7) is 0. The van der Waals surface area contributed by atoms with Crippen LogP contribution in [0.1, 0.15) is 0 Å². The second kappa shape index (κ2) is 13.2. The van der Waals surface area contributed by atoms with Crippen molar-refractivity contribution in [2.75, 3.05) is 9.80 Å². The molecule has 1 aromatic heterocycles. The molecule has 0 spiro atoms. The molecular weight excluding hydrogens is 619 g/mol. The highest BCUT2D eigenvalue weighted by molar-refractivity contribution is 6.08. The summed E-state index contributed by atoms with van der Waals surface area (Å²) in [5.41, 5.74) is 13.6. The Hall–Kier alpha value is -6.84. The van der Waals surface area contributed by atoms with Gasteiger partial charge in [-0.3, -0.25) is 0 Å². The van der Waals surface area contributed by atoms with E-state index in [1.54, 1.807) is 0 Å². The Balaban J connectivity index is 1.12. The first-order chi connectivity index (χ1) is 25.3. The standard InChI is InChI=1S/C48H35N3/c1-4-12-35(13-5-1)37-20-24-40(25-21-37)50(41-26-22-38(23-27-41)36-14-6-2-7-15-36)42-28-30-43(31-29-42)51(39-16-8-3-9-17-39)44-32-33-46-45-18-10-11-19-47(45)49-48(46)34-44/h1-34,49H. The summed E-state index contributed by atoms with van der Waals surface area (Å²) in [6.07, 6.45) is 0. The molecule has 3 heteroatoms. The summed E-state index contributed by atoms with van der Waals surface area (Å²) >= 11 is 0. The Bertz CT molecular complexity index is 2460. The van der Waals surface area contributed by atoms with Crippen molar-refractivity contribution in [2.45, 2.75) is 0 Å². The Labute approximate surface area is 298 Å². The predicted molar refractivity (Wildman–Crippen MR) is 216 cm³/mol. The van der Waals surface area contributed by atoms with E-state index in [-0.39, 0.29) is 0 Å². The van der Waals surface area contributed by atoms with E-state index < -0.39 is 0 Å². The SMILES string of the molecule is c1ccc(-c2ccc(N(c3ccc(-c4ccccc4)cc3)c3ccc(N(c4ccccc4)c4ccc5c(c4)[nH]c4ccccc45)cc3)cc2)cc1. The molecule has 9 aromatic rings. The normalized spacial score (nSPS) is 11.1. The Morgan fingerprint density at radius 1 is 0.255 bits per heavy atom. The quantitative estimate of drug-likeness (QED) is 0.176. The first-order valence-electron chi connectivity index (χ1n) is 17.4. The number of aromatic nitrogens is 1. The van der Waals surface area contributed by atoms with Gasteiger partial charge in [0, 0.05) is 55.9 Å². The highest BCUT2D eigenvalue weighted by Crippen LogP contribution is 2.41. The van der Waals surface area contributed by atoms with Gasteiger partial charge in [0.25, 0.3) is 0 Å². The molecule has 1 N–H and O–H groups in total. The molecule has 0 amide bonds. The van der Waals surface area contributed by atoms with Crippen LogP contribution >= 0.6 is 0 Å². The van der Waals surface area contributed by atoms with Crippen molar-refractivity contribution in [3.05, 3.63) is 206 Å². The minimum atomic E-state index is 1.08. The van der Waals surface area contributed by atoms with Crippen LogP contribution in [-0.4, -0.2) is 4.98 Å². The van der Waals surface area contributed by atoms with E-state index in [1.807, 2.05) is 0 Å². The molecule has 1 heterocycles. The monoisotopic (exact) mass is 653 g/mol. The first kappa shape index (κ1) is 30.2. The number of anilines is 6. The fourth-order valence-electron chi connectivity index (χ4n) is 7.07. The predicted octanol–water partition coefficient (Wildman–Crippen LogP) is 13.6. The van der Waals surface area contributed by atoms with E-state index >= 15 is 0 Å². The van der Waals surface area contributed by atoms with Crippen LogP contribution in [0.3, 0.4) is 0 Å². The van der Waals surface area contributed by atoms with Crippen LogP contribution in [0.5, 0.6) is 0 Å². The number of H-pyrrole nitrogens is 1. The minimum absolute atomic E-state index is 1.08. The molecule has 0 bridgehead atoms. The second-order valence-corrected chi connectivity index (χ2v) is 12.7. The molecule has 0 fully saturated rings. The maximum atomic E-state index is 3.63. The molecule has 242 valence electrons. The number of aromatic amines is 1. The first-order valence-corrected chi connectivity index (χ1v) is 17.4. The molecule has 0 saturated carbocycles. The summed E-state index contributed by atoms with van der Waals surface area (Å²) in [7, 11) is 0. The van der Waals surface area contributed by atoms with E-state index in [0.29, 0.717) is 0 Å². The Kier molecular flexibility index (Phi) is 7.84. The zero-order chi connectivity index (χ0) is 34.0. The third-order valence-corrected chi connectivity index (χ3v) is 9.59. The lowest BCUT2D eigenvalue weighted by Gasteiger charge is -2.28. The van der Waals surface area contributed by atoms with Crippen LogP contribution in [0, 0.1) is 0 Å². The molecule has 51 heavy (non-hydrogen) atoms. The van der Waals surface area contributed by atoms with Crippen molar-refractivity contribution in [1.29, 1.82) is 0 Å². The maximum absolute atomic E-state index is 3.63. The Morgan fingerprint density at radius 3 is 1.14 bits per heavy atom. The lowest BCUT2D eigenvalue weighted by Crippen LogP contribution is -2.12. The van der Waals surface area contributed by atoms with E-state index in [4.69, 9.17) is 0 Å². The largest absolute Gasteiger partial charge is 0.354 e. The average Bonchev–Trinajstić information content (AvgIpc) is 3.58. The van der Waals surface area contributed by atoms with Gasteiger partial charge in [0.15, 0.2) is 0 Å². The topological polar surface area (TPSA) is 22.3 Å². The number of nitrogens with zero attached hydrogens (tertiary/aromatic N) is 2. The second-order valence-electron chi connectivity index (χ2n) is 12.7. The van der Waals surface area contributed by atoms with Gasteiger partial charge in [-0.05, 0) is 101 Å². The maximum Gasteiger partial charge on any atom is 0.0485 e. The number of para-hydroxylation sites is 2. The number of benzene rings is 8. The van der Waals surface area contributed by atoms with Crippen LogP contribution in [-0.2, 0) is 0 Å². The van der Waals surface area contributed by atoms with Gasteiger partial charge >= 0.3 is 0 Å². The number of rotatable bonds is 8. The molecule has 9 rings (SSSR count). The molecule has 0 atom stereocenters. The van der Waals surface area contributed by atoms with Gasteiger partial charge in [0.1, 0.15) is 0 Å². The van der Waals surface area contributed by atoms with Crippen LogP contribution in [0.4, 0.5) is 34.1 Å².